The maximum Gasteiger partial charge on any atom is 0.227 e. The first-order chi connectivity index (χ1) is 15.0. The van der Waals surface area contributed by atoms with Crippen molar-refractivity contribution in [2.24, 2.45) is 11.3 Å². The largest absolute Gasteiger partial charge is 0.353 e. The number of likely N-dealkylation sites (tertiary alicyclic amines) is 1. The number of nitrogens with zero attached hydrogens (tertiary/aromatic N) is 2. The molecule has 4 unspecified atom stereocenters. The van der Waals surface area contributed by atoms with Gasteiger partial charge < -0.3 is 10.2 Å². The van der Waals surface area contributed by atoms with Crippen LogP contribution in [0.5, 0.6) is 0 Å². The van der Waals surface area contributed by atoms with Gasteiger partial charge in [-0.15, -0.1) is 0 Å². The summed E-state index contributed by atoms with van der Waals surface area (Å²) < 4.78 is 0. The van der Waals surface area contributed by atoms with Crippen molar-refractivity contribution in [2.45, 2.75) is 64.0 Å². The van der Waals surface area contributed by atoms with Gasteiger partial charge in [-0.2, -0.15) is 0 Å². The first-order valence-corrected chi connectivity index (χ1v) is 11.6. The van der Waals surface area contributed by atoms with Crippen LogP contribution in [0.3, 0.4) is 0 Å². The molecule has 1 N–H and O–H groups in total. The van der Waals surface area contributed by atoms with Crippen LogP contribution in [-0.2, 0) is 28.9 Å². The normalized spacial score (nSPS) is 29.3. The van der Waals surface area contributed by atoms with Crippen molar-refractivity contribution in [2.75, 3.05) is 6.54 Å². The van der Waals surface area contributed by atoms with Gasteiger partial charge in [0.05, 0.1) is 11.8 Å². The van der Waals surface area contributed by atoms with Crippen LogP contribution in [0.15, 0.2) is 48.8 Å². The fraction of sp³-hybridized carbons (Fsp3) is 0.500. The maximum absolute atomic E-state index is 13.3. The summed E-state index contributed by atoms with van der Waals surface area (Å²) in [6.07, 6.45) is 9.52. The summed E-state index contributed by atoms with van der Waals surface area (Å²) in [7, 11) is 0. The molecule has 2 bridgehead atoms. The third-order valence-corrected chi connectivity index (χ3v) is 7.74. The van der Waals surface area contributed by atoms with E-state index in [0.717, 1.165) is 50.6 Å². The summed E-state index contributed by atoms with van der Waals surface area (Å²) in [5.74, 6) is 0.731. The van der Waals surface area contributed by atoms with Gasteiger partial charge in [0.25, 0.3) is 0 Å². The summed E-state index contributed by atoms with van der Waals surface area (Å²) in [4.78, 5) is 32.4. The van der Waals surface area contributed by atoms with E-state index < -0.39 is 0 Å². The van der Waals surface area contributed by atoms with Crippen LogP contribution in [0.25, 0.3) is 0 Å². The molecule has 2 amide bonds. The van der Waals surface area contributed by atoms with Crippen LogP contribution in [0, 0.1) is 11.3 Å². The quantitative estimate of drug-likeness (QED) is 0.830. The van der Waals surface area contributed by atoms with Crippen LogP contribution >= 0.6 is 0 Å². The van der Waals surface area contributed by atoms with Crippen molar-refractivity contribution in [1.29, 1.82) is 0 Å². The highest BCUT2D eigenvalue weighted by Crippen LogP contribution is 2.39. The Bertz CT molecular complexity index is 976. The van der Waals surface area contributed by atoms with Crippen LogP contribution in [-0.4, -0.2) is 40.3 Å². The molecular formula is C26H31N3O2. The number of fused-ring (bicyclic) bond motifs is 3. The Kier molecular flexibility index (Phi) is 5.28. The van der Waals surface area contributed by atoms with Crippen LogP contribution in [0.4, 0.5) is 0 Å². The topological polar surface area (TPSA) is 62.3 Å². The first kappa shape index (κ1) is 20.2. The third-order valence-electron chi connectivity index (χ3n) is 7.74. The molecule has 2 heterocycles. The molecule has 1 aromatic carbocycles. The zero-order valence-electron chi connectivity index (χ0n) is 18.2. The summed E-state index contributed by atoms with van der Waals surface area (Å²) in [6.45, 7) is 2.87. The first-order valence-electron chi connectivity index (χ1n) is 11.6. The number of hydrogen-bond acceptors (Lipinski definition) is 3. The predicted octanol–water partition coefficient (Wildman–Crippen LogP) is 3.32. The van der Waals surface area contributed by atoms with Crippen LogP contribution in [0.1, 0.15) is 49.3 Å². The summed E-state index contributed by atoms with van der Waals surface area (Å²) in [6, 6.07) is 12.8. The Morgan fingerprint density at radius 3 is 2.81 bits per heavy atom. The Morgan fingerprint density at radius 1 is 1.16 bits per heavy atom. The molecule has 5 heteroatoms. The van der Waals surface area contributed by atoms with Gasteiger partial charge in [-0.3, -0.25) is 14.6 Å². The molecule has 4 atom stereocenters. The highest BCUT2D eigenvalue weighted by molar-refractivity contribution is 5.83. The minimum absolute atomic E-state index is 0.175. The van der Waals surface area contributed by atoms with E-state index in [-0.39, 0.29) is 23.3 Å². The van der Waals surface area contributed by atoms with Crippen molar-refractivity contribution < 1.29 is 9.59 Å². The van der Waals surface area contributed by atoms with Gasteiger partial charge in [0.15, 0.2) is 0 Å². The smallest absolute Gasteiger partial charge is 0.227 e. The second-order valence-electron chi connectivity index (χ2n) is 9.90. The highest BCUT2D eigenvalue weighted by Gasteiger charge is 2.45. The summed E-state index contributed by atoms with van der Waals surface area (Å²) >= 11 is 0. The maximum atomic E-state index is 13.3. The molecule has 5 nitrogen and oxygen atoms in total. The zero-order chi connectivity index (χ0) is 21.4. The van der Waals surface area contributed by atoms with Gasteiger partial charge in [-0.05, 0) is 67.2 Å². The van der Waals surface area contributed by atoms with Crippen LogP contribution < -0.4 is 5.32 Å². The number of rotatable bonds is 4. The van der Waals surface area contributed by atoms with Crippen molar-refractivity contribution >= 4 is 11.8 Å². The molecule has 0 radical (unpaired) electrons. The summed E-state index contributed by atoms with van der Waals surface area (Å²) in [5.41, 5.74) is 3.30. The summed E-state index contributed by atoms with van der Waals surface area (Å²) in [5, 5.41) is 3.41. The lowest BCUT2D eigenvalue weighted by Gasteiger charge is -2.37. The Labute approximate surface area is 184 Å². The second kappa shape index (κ2) is 8.10. The molecule has 1 saturated heterocycles. The number of nitrogens with one attached hydrogen (secondary N) is 1. The Hall–Kier alpha value is -2.69. The average Bonchev–Trinajstić information content (AvgIpc) is 3.14. The third kappa shape index (κ3) is 3.98. The lowest BCUT2D eigenvalue weighted by atomic mass is 9.72. The molecule has 0 spiro atoms. The molecule has 1 saturated carbocycles. The number of aromatic nitrogens is 1. The lowest BCUT2D eigenvalue weighted by molar-refractivity contribution is -0.132. The standard InChI is InChI=1S/C26H31N3O2/c1-26(11-10-19-6-2-3-7-20(19)15-26)25(31)28-23-9-8-22-14-21(23)17-29(22)24(30)13-18-5-4-12-27-16-18/h2-7,12,16,21-23H,8-11,13-15,17H2,1H3,(H,28,31). The molecule has 2 aliphatic carbocycles. The van der Waals surface area contributed by atoms with E-state index in [1.807, 2.05) is 12.1 Å². The molecular weight excluding hydrogens is 386 g/mol. The van der Waals surface area contributed by atoms with Crippen molar-refractivity contribution in [3.05, 3.63) is 65.5 Å². The van der Waals surface area contributed by atoms with Crippen molar-refractivity contribution in [1.82, 2.24) is 15.2 Å². The molecule has 2 aromatic rings. The zero-order valence-corrected chi connectivity index (χ0v) is 18.2. The van der Waals surface area contributed by atoms with Gasteiger partial charge in [-0.1, -0.05) is 37.3 Å². The van der Waals surface area contributed by atoms with Gasteiger partial charge in [0.2, 0.25) is 11.8 Å². The van der Waals surface area contributed by atoms with E-state index in [2.05, 4.69) is 46.4 Å². The molecule has 2 fully saturated rings. The van der Waals surface area contributed by atoms with Gasteiger partial charge in [-0.25, -0.2) is 0 Å². The van der Waals surface area contributed by atoms with Crippen molar-refractivity contribution in [3.8, 4) is 0 Å². The van der Waals surface area contributed by atoms with E-state index in [1.54, 1.807) is 12.4 Å². The number of amides is 2. The van der Waals surface area contributed by atoms with E-state index in [0.29, 0.717) is 18.4 Å². The average molecular weight is 418 g/mol. The lowest BCUT2D eigenvalue weighted by Crippen LogP contribution is -2.50. The van der Waals surface area contributed by atoms with Gasteiger partial charge in [0.1, 0.15) is 0 Å². The number of hydrogen-bond donors (Lipinski definition) is 1. The SMILES string of the molecule is CC1(C(=O)NC2CCC3CC2CN3C(=O)Cc2cccnc2)CCc2ccccc2C1. The monoisotopic (exact) mass is 417 g/mol. The molecule has 5 rings (SSSR count). The van der Waals surface area contributed by atoms with E-state index in [4.69, 9.17) is 0 Å². The number of benzene rings is 1. The molecule has 31 heavy (non-hydrogen) atoms. The van der Waals surface area contributed by atoms with Gasteiger partial charge >= 0.3 is 0 Å². The molecule has 162 valence electrons. The molecule has 3 aliphatic rings. The fourth-order valence-electron chi connectivity index (χ4n) is 5.83. The minimum atomic E-state index is -0.348. The Morgan fingerprint density at radius 2 is 2.00 bits per heavy atom. The number of carbonyl (C=O) groups excluding carboxylic acids is 2. The number of pyridine rings is 1. The van der Waals surface area contributed by atoms with E-state index in [9.17, 15) is 9.59 Å². The van der Waals surface area contributed by atoms with E-state index >= 15 is 0 Å². The van der Waals surface area contributed by atoms with E-state index in [1.165, 1.54) is 11.1 Å². The van der Waals surface area contributed by atoms with Gasteiger partial charge in [0, 0.05) is 31.0 Å². The Balaban J connectivity index is 1.21. The number of carbonyl (C=O) groups is 2. The number of aryl methyl sites for hydroxylation is 1. The minimum Gasteiger partial charge on any atom is -0.353 e. The fourth-order valence-corrected chi connectivity index (χ4v) is 5.83. The van der Waals surface area contributed by atoms with Crippen LogP contribution in [0.2, 0.25) is 0 Å². The highest BCUT2D eigenvalue weighted by atomic mass is 16.2. The van der Waals surface area contributed by atoms with Crippen molar-refractivity contribution in [3.63, 3.8) is 0 Å². The molecule has 1 aliphatic heterocycles. The second-order valence-corrected chi connectivity index (χ2v) is 9.90. The predicted molar refractivity (Wildman–Crippen MR) is 119 cm³/mol. The molecule has 1 aromatic heterocycles.